The zero-order chi connectivity index (χ0) is 14.6. The Hall–Kier alpha value is -0.0600. The molecule has 1 N–H and O–H groups in total. The quantitative estimate of drug-likeness (QED) is 0.766. The Morgan fingerprint density at radius 1 is 1.30 bits per heavy atom. The van der Waals surface area contributed by atoms with Crippen LogP contribution in [0.15, 0.2) is 4.47 Å². The highest BCUT2D eigenvalue weighted by atomic mass is 79.9. The van der Waals surface area contributed by atoms with Crippen molar-refractivity contribution in [1.82, 2.24) is 15.1 Å². The smallest absolute Gasteiger partial charge is 0.0767 e. The van der Waals surface area contributed by atoms with Crippen LogP contribution in [0.4, 0.5) is 0 Å². The minimum Gasteiger partial charge on any atom is -0.304 e. The van der Waals surface area contributed by atoms with Crippen LogP contribution in [0.25, 0.3) is 0 Å². The average Bonchev–Trinajstić information content (AvgIpc) is 2.81. The second kappa shape index (κ2) is 7.28. The maximum Gasteiger partial charge on any atom is 0.0767 e. The van der Waals surface area contributed by atoms with Crippen molar-refractivity contribution >= 4 is 27.5 Å². The van der Waals surface area contributed by atoms with Gasteiger partial charge in [0.1, 0.15) is 0 Å². The standard InChI is InChI=1S/C15H25BrClN3/c1-3-12-14(16)13(20(4-2)19-12)10-18-15(11-17)8-6-5-7-9-15/h18H,3-11H2,1-2H3. The van der Waals surface area contributed by atoms with Crippen molar-refractivity contribution in [3.63, 3.8) is 0 Å². The summed E-state index contributed by atoms with van der Waals surface area (Å²) in [5, 5.41) is 8.39. The number of rotatable bonds is 6. The molecule has 1 aliphatic carbocycles. The Labute approximate surface area is 135 Å². The number of aromatic nitrogens is 2. The number of nitrogens with one attached hydrogen (secondary N) is 1. The summed E-state index contributed by atoms with van der Waals surface area (Å²) in [7, 11) is 0. The van der Waals surface area contributed by atoms with Crippen LogP contribution in [0.3, 0.4) is 0 Å². The van der Waals surface area contributed by atoms with Gasteiger partial charge in [-0.3, -0.25) is 4.68 Å². The molecule has 1 saturated carbocycles. The first-order chi connectivity index (χ1) is 9.65. The van der Waals surface area contributed by atoms with E-state index in [4.69, 9.17) is 11.6 Å². The number of alkyl halides is 1. The van der Waals surface area contributed by atoms with Crippen LogP contribution < -0.4 is 5.32 Å². The number of aryl methyl sites for hydroxylation is 2. The largest absolute Gasteiger partial charge is 0.304 e. The molecule has 0 bridgehead atoms. The van der Waals surface area contributed by atoms with Crippen molar-refractivity contribution in [2.45, 2.75) is 71.0 Å². The Morgan fingerprint density at radius 2 is 2.00 bits per heavy atom. The minimum atomic E-state index is 0.120. The molecule has 0 radical (unpaired) electrons. The van der Waals surface area contributed by atoms with Gasteiger partial charge in [0.25, 0.3) is 0 Å². The van der Waals surface area contributed by atoms with Crippen LogP contribution in [-0.2, 0) is 19.5 Å². The molecule has 114 valence electrons. The number of hydrogen-bond acceptors (Lipinski definition) is 2. The molecule has 0 unspecified atom stereocenters. The second-order valence-electron chi connectivity index (χ2n) is 5.70. The van der Waals surface area contributed by atoms with Gasteiger partial charge in [-0.25, -0.2) is 0 Å². The summed E-state index contributed by atoms with van der Waals surface area (Å²) < 4.78 is 3.26. The average molecular weight is 363 g/mol. The molecule has 0 saturated heterocycles. The van der Waals surface area contributed by atoms with Crippen molar-refractivity contribution in [3.8, 4) is 0 Å². The third-order valence-corrected chi connectivity index (χ3v) is 5.82. The van der Waals surface area contributed by atoms with Crippen LogP contribution in [0.5, 0.6) is 0 Å². The molecule has 1 aromatic heterocycles. The molecule has 1 aromatic rings. The predicted octanol–water partition coefficient (Wildman–Crippen LogP) is 4.26. The lowest BCUT2D eigenvalue weighted by Crippen LogP contribution is -2.48. The summed E-state index contributed by atoms with van der Waals surface area (Å²) >= 11 is 9.96. The molecule has 0 aromatic carbocycles. The van der Waals surface area contributed by atoms with Crippen LogP contribution >= 0.6 is 27.5 Å². The fourth-order valence-corrected chi connectivity index (χ4v) is 4.11. The maximum absolute atomic E-state index is 6.25. The number of hydrogen-bond donors (Lipinski definition) is 1. The van der Waals surface area contributed by atoms with Gasteiger partial charge >= 0.3 is 0 Å². The lowest BCUT2D eigenvalue weighted by atomic mass is 9.83. The van der Waals surface area contributed by atoms with Crippen molar-refractivity contribution in [3.05, 3.63) is 15.9 Å². The SMILES string of the molecule is CCc1nn(CC)c(CNC2(CCl)CCCCC2)c1Br. The first kappa shape index (κ1) is 16.3. The maximum atomic E-state index is 6.25. The molecule has 3 nitrogen and oxygen atoms in total. The van der Waals surface area contributed by atoms with Crippen LogP contribution in [0, 0.1) is 0 Å². The van der Waals surface area contributed by atoms with Gasteiger partial charge in [-0.2, -0.15) is 5.10 Å². The summed E-state index contributed by atoms with van der Waals surface area (Å²) in [6.45, 7) is 6.03. The van der Waals surface area contributed by atoms with E-state index in [-0.39, 0.29) is 5.54 Å². The van der Waals surface area contributed by atoms with Crippen molar-refractivity contribution < 1.29 is 0 Å². The van der Waals surface area contributed by atoms with Gasteiger partial charge in [-0.15, -0.1) is 11.6 Å². The van der Waals surface area contributed by atoms with Gasteiger partial charge in [-0.1, -0.05) is 26.2 Å². The zero-order valence-corrected chi connectivity index (χ0v) is 14.9. The number of nitrogens with zero attached hydrogens (tertiary/aromatic N) is 2. The molecule has 5 heteroatoms. The molecule has 0 amide bonds. The van der Waals surface area contributed by atoms with Crippen molar-refractivity contribution in [2.24, 2.45) is 0 Å². The van der Waals surface area contributed by atoms with E-state index in [1.807, 2.05) is 0 Å². The van der Waals surface area contributed by atoms with Crippen molar-refractivity contribution in [2.75, 3.05) is 5.88 Å². The summed E-state index contributed by atoms with van der Waals surface area (Å²) in [5.74, 6) is 0.700. The van der Waals surface area contributed by atoms with Crippen molar-refractivity contribution in [1.29, 1.82) is 0 Å². The molecular weight excluding hydrogens is 338 g/mol. The monoisotopic (exact) mass is 361 g/mol. The Bertz CT molecular complexity index is 439. The molecule has 1 heterocycles. The molecule has 2 rings (SSSR count). The predicted molar refractivity (Wildman–Crippen MR) is 88.4 cm³/mol. The highest BCUT2D eigenvalue weighted by Crippen LogP contribution is 2.30. The van der Waals surface area contributed by atoms with Crippen LogP contribution in [0.1, 0.15) is 57.3 Å². The number of halogens is 2. The Balaban J connectivity index is 2.11. The van der Waals surface area contributed by atoms with E-state index in [9.17, 15) is 0 Å². The first-order valence-electron chi connectivity index (χ1n) is 7.71. The fraction of sp³-hybridized carbons (Fsp3) is 0.800. The summed E-state index contributed by atoms with van der Waals surface area (Å²) in [4.78, 5) is 0. The summed E-state index contributed by atoms with van der Waals surface area (Å²) in [6, 6.07) is 0. The normalized spacial score (nSPS) is 18.4. The summed E-state index contributed by atoms with van der Waals surface area (Å²) in [6.07, 6.45) is 7.25. The van der Waals surface area contributed by atoms with Gasteiger partial charge < -0.3 is 5.32 Å². The van der Waals surface area contributed by atoms with E-state index in [2.05, 4.69) is 44.9 Å². The molecule has 1 fully saturated rings. The van der Waals surface area contributed by atoms with Crippen LogP contribution in [0.2, 0.25) is 0 Å². The van der Waals surface area contributed by atoms with E-state index in [0.717, 1.165) is 29.7 Å². The molecule has 0 atom stereocenters. The Morgan fingerprint density at radius 3 is 2.55 bits per heavy atom. The first-order valence-corrected chi connectivity index (χ1v) is 9.03. The zero-order valence-electron chi connectivity index (χ0n) is 12.5. The van der Waals surface area contributed by atoms with E-state index < -0.39 is 0 Å². The fourth-order valence-electron chi connectivity index (χ4n) is 3.04. The Kier molecular flexibility index (Phi) is 5.94. The van der Waals surface area contributed by atoms with Gasteiger partial charge in [0, 0.05) is 24.5 Å². The topological polar surface area (TPSA) is 29.9 Å². The molecule has 0 aliphatic heterocycles. The van der Waals surface area contributed by atoms with E-state index in [1.54, 1.807) is 0 Å². The summed E-state index contributed by atoms with van der Waals surface area (Å²) in [5.41, 5.74) is 2.51. The highest BCUT2D eigenvalue weighted by Gasteiger charge is 2.31. The van der Waals surface area contributed by atoms with Gasteiger partial charge in [0.05, 0.1) is 15.9 Å². The molecule has 20 heavy (non-hydrogen) atoms. The molecular formula is C15H25BrClN3. The van der Waals surface area contributed by atoms with Crippen LogP contribution in [-0.4, -0.2) is 21.2 Å². The lowest BCUT2D eigenvalue weighted by molar-refractivity contribution is 0.254. The van der Waals surface area contributed by atoms with Gasteiger partial charge in [0.15, 0.2) is 0 Å². The van der Waals surface area contributed by atoms with E-state index in [0.29, 0.717) is 5.88 Å². The minimum absolute atomic E-state index is 0.120. The van der Waals surface area contributed by atoms with Gasteiger partial charge in [-0.05, 0) is 42.1 Å². The van der Waals surface area contributed by atoms with E-state index in [1.165, 1.54) is 37.8 Å². The third kappa shape index (κ3) is 3.40. The highest BCUT2D eigenvalue weighted by molar-refractivity contribution is 9.10. The molecule has 1 aliphatic rings. The third-order valence-electron chi connectivity index (χ3n) is 4.39. The second-order valence-corrected chi connectivity index (χ2v) is 6.77. The van der Waals surface area contributed by atoms with Gasteiger partial charge in [0.2, 0.25) is 0 Å². The molecule has 0 spiro atoms. The van der Waals surface area contributed by atoms with E-state index >= 15 is 0 Å². The lowest BCUT2D eigenvalue weighted by Gasteiger charge is -2.36.